The summed E-state index contributed by atoms with van der Waals surface area (Å²) >= 11 is 0. The minimum absolute atomic E-state index is 0.0264. The molecule has 0 saturated carbocycles. The Morgan fingerprint density at radius 3 is 2.35 bits per heavy atom. The van der Waals surface area contributed by atoms with E-state index >= 15 is 0 Å². The number of H-pyrrole nitrogens is 2. The fraction of sp³-hybridized carbons (Fsp3) is 0.565. The third kappa shape index (κ3) is 7.40. The van der Waals surface area contributed by atoms with Crippen LogP contribution in [0.5, 0.6) is 0 Å². The summed E-state index contributed by atoms with van der Waals surface area (Å²) in [5, 5.41) is 33.5. The molecule has 0 aliphatic carbocycles. The Balaban J connectivity index is 0.992. The van der Waals surface area contributed by atoms with Crippen molar-refractivity contribution in [3.63, 3.8) is 0 Å². The maximum Gasteiger partial charge on any atom is 0.490 e. The summed E-state index contributed by atoms with van der Waals surface area (Å²) in [5.41, 5.74) is 7.84. The normalized spacial score (nSPS) is 31.8. The Morgan fingerprint density at radius 2 is 1.64 bits per heavy atom. The number of aliphatic hydroxyl groups excluding tert-OH is 3. The molecule has 302 valence electrons. The molecule has 32 heteroatoms. The fourth-order valence-corrected chi connectivity index (χ4v) is 10.0. The van der Waals surface area contributed by atoms with Crippen LogP contribution in [0.1, 0.15) is 12.5 Å². The predicted molar refractivity (Wildman–Crippen MR) is 174 cm³/mol. The van der Waals surface area contributed by atoms with Gasteiger partial charge in [-0.1, -0.05) is 4.98 Å². The molecule has 3 saturated heterocycles. The van der Waals surface area contributed by atoms with Gasteiger partial charge in [0.05, 0.1) is 33.1 Å². The molecular weight excluding hydrogens is 811 g/mol. The zero-order valence-electron chi connectivity index (χ0n) is 28.0. The van der Waals surface area contributed by atoms with Gasteiger partial charge in [0, 0.05) is 7.05 Å². The molecule has 7 heterocycles. The van der Waals surface area contributed by atoms with Crippen molar-refractivity contribution in [3.05, 3.63) is 33.4 Å². The monoisotopic (exact) mass is 844 g/mol. The van der Waals surface area contributed by atoms with Crippen LogP contribution in [-0.2, 0) is 52.7 Å². The summed E-state index contributed by atoms with van der Waals surface area (Å²) in [6.07, 6.45) is -8.32. The van der Waals surface area contributed by atoms with Crippen molar-refractivity contribution >= 4 is 57.7 Å². The van der Waals surface area contributed by atoms with Crippen LogP contribution in [0, 0.1) is 0 Å². The van der Waals surface area contributed by atoms with E-state index in [0.29, 0.717) is 0 Å². The lowest BCUT2D eigenvalue weighted by Crippen LogP contribution is -2.59. The lowest BCUT2D eigenvalue weighted by atomic mass is 9.94. The second-order valence-corrected chi connectivity index (χ2v) is 17.2. The summed E-state index contributed by atoms with van der Waals surface area (Å²) in [7, 11) is -14.5. The molecular formula is C23H33N11O18P3+. The molecule has 5 unspecified atom stereocenters. The first-order valence-corrected chi connectivity index (χ1v) is 20.0. The quantitative estimate of drug-likeness (QED) is 0.0476. The number of likely N-dealkylation sites (N-methyl/N-ethyl adjacent to an activating group) is 1. The molecule has 0 aromatic carbocycles. The first-order valence-electron chi connectivity index (χ1n) is 15.5. The van der Waals surface area contributed by atoms with Gasteiger partial charge >= 0.3 is 29.1 Å². The highest BCUT2D eigenvalue weighted by Gasteiger charge is 2.63. The van der Waals surface area contributed by atoms with Crippen molar-refractivity contribution in [3.8, 4) is 0 Å². The number of hydrogen-bond acceptors (Lipinski definition) is 21. The maximum atomic E-state index is 12.9. The molecule has 55 heavy (non-hydrogen) atoms. The van der Waals surface area contributed by atoms with E-state index in [9.17, 15) is 53.3 Å². The number of ether oxygens (including phenoxy) is 2. The highest BCUT2D eigenvalue weighted by atomic mass is 31.3. The van der Waals surface area contributed by atoms with Crippen molar-refractivity contribution in [2.45, 2.75) is 48.6 Å². The van der Waals surface area contributed by atoms with Gasteiger partial charge in [-0.05, 0) is 0 Å². The average Bonchev–Trinajstić information content (AvgIpc) is 3.74. The number of aryl methyl sites for hydroxylation is 1. The van der Waals surface area contributed by atoms with E-state index in [4.69, 9.17) is 30.3 Å². The van der Waals surface area contributed by atoms with Gasteiger partial charge < -0.3 is 50.9 Å². The van der Waals surface area contributed by atoms with Crippen LogP contribution in [0.2, 0.25) is 0 Å². The lowest BCUT2D eigenvalue weighted by molar-refractivity contribution is -0.747. The van der Waals surface area contributed by atoms with Gasteiger partial charge in [0.25, 0.3) is 17.1 Å². The van der Waals surface area contributed by atoms with E-state index in [1.165, 1.54) is 34.6 Å². The van der Waals surface area contributed by atoms with Crippen molar-refractivity contribution in [2.75, 3.05) is 38.3 Å². The number of phosphoric acid groups is 3. The number of nitrogens with zero attached hydrogens (tertiary/aromatic N) is 7. The van der Waals surface area contributed by atoms with Crippen LogP contribution in [0.25, 0.3) is 22.3 Å². The SMILES string of the molecule is CN1C[C@]2(COP(=O)(O)OP(=O)(O)OP(=O)(O)OC[C@H]3O[C@@H](n4cnc5c(=O)[nH]c(N)nc54)[C@@H](O)C3O)O[C@@H]([n+]3cn(C)c4c(=O)[nH]c(N)nc43)C(O1)[C@H]2O. The molecule has 12 N–H and O–H groups in total. The average molecular weight is 844 g/mol. The van der Waals surface area contributed by atoms with Gasteiger partial charge in [-0.15, -0.1) is 0 Å². The first-order chi connectivity index (χ1) is 25.6. The van der Waals surface area contributed by atoms with E-state index in [0.717, 1.165) is 10.9 Å². The summed E-state index contributed by atoms with van der Waals surface area (Å²) in [5.74, 6) is -0.538. The molecule has 0 amide bonds. The molecule has 3 fully saturated rings. The number of nitrogen functional groups attached to an aromatic ring is 2. The van der Waals surface area contributed by atoms with E-state index in [1.54, 1.807) is 0 Å². The molecule has 7 rings (SSSR count). The topological polar surface area (TPSA) is 411 Å². The van der Waals surface area contributed by atoms with Crippen LogP contribution in [-0.4, -0.2) is 132 Å². The van der Waals surface area contributed by atoms with Gasteiger partial charge in [0.2, 0.25) is 17.7 Å². The Bertz CT molecular complexity index is 2420. The molecule has 3 aliphatic rings. The highest BCUT2D eigenvalue weighted by Crippen LogP contribution is 2.68. The van der Waals surface area contributed by atoms with E-state index < -0.39 is 96.4 Å². The summed E-state index contributed by atoms with van der Waals surface area (Å²) in [6.45, 7) is -2.42. The summed E-state index contributed by atoms with van der Waals surface area (Å²) in [6, 6.07) is 0. The van der Waals surface area contributed by atoms with Gasteiger partial charge in [0.1, 0.15) is 30.0 Å². The van der Waals surface area contributed by atoms with Crippen LogP contribution >= 0.6 is 23.5 Å². The van der Waals surface area contributed by atoms with Gasteiger partial charge in [-0.3, -0.25) is 42.6 Å². The highest BCUT2D eigenvalue weighted by molar-refractivity contribution is 7.66. The second kappa shape index (κ2) is 13.8. The minimum Gasteiger partial charge on any atom is -0.387 e. The Morgan fingerprint density at radius 1 is 0.982 bits per heavy atom. The predicted octanol–water partition coefficient (Wildman–Crippen LogP) is -4.29. The molecule has 4 aromatic rings. The summed E-state index contributed by atoms with van der Waals surface area (Å²) < 4.78 is 71.3. The Labute approximate surface area is 304 Å². The molecule has 3 aliphatic heterocycles. The smallest absolute Gasteiger partial charge is 0.387 e. The first kappa shape index (κ1) is 39.7. The zero-order chi connectivity index (χ0) is 40.0. The number of phosphoric ester groups is 2. The molecule has 0 spiro atoms. The lowest BCUT2D eigenvalue weighted by Gasteiger charge is -2.39. The number of hydrogen-bond donors (Lipinski definition) is 10. The van der Waals surface area contributed by atoms with Gasteiger partial charge in [-0.25, -0.2) is 23.2 Å². The van der Waals surface area contributed by atoms with E-state index in [-0.39, 0.29) is 40.8 Å². The zero-order valence-corrected chi connectivity index (χ0v) is 30.7. The number of nitrogens with one attached hydrogen (secondary N) is 2. The largest absolute Gasteiger partial charge is 0.490 e. The van der Waals surface area contributed by atoms with Crippen molar-refractivity contribution < 1.29 is 80.2 Å². The van der Waals surface area contributed by atoms with E-state index in [2.05, 4.69) is 38.1 Å². The van der Waals surface area contributed by atoms with Gasteiger partial charge in [0.15, 0.2) is 29.8 Å². The second-order valence-electron chi connectivity index (χ2n) is 12.6. The van der Waals surface area contributed by atoms with Crippen molar-refractivity contribution in [2.24, 2.45) is 7.05 Å². The molecule has 4 aromatic heterocycles. The van der Waals surface area contributed by atoms with Crippen LogP contribution in [0.4, 0.5) is 11.9 Å². The van der Waals surface area contributed by atoms with Gasteiger partial charge in [-0.2, -0.15) is 18.7 Å². The molecule has 0 radical (unpaired) electrons. The third-order valence-electron chi connectivity index (χ3n) is 8.69. The van der Waals surface area contributed by atoms with Crippen molar-refractivity contribution in [1.82, 2.24) is 39.1 Å². The minimum atomic E-state index is -6.02. The van der Waals surface area contributed by atoms with Crippen LogP contribution in [0.15, 0.2) is 22.2 Å². The van der Waals surface area contributed by atoms with E-state index in [1.807, 2.05) is 0 Å². The number of imidazole rings is 2. The van der Waals surface area contributed by atoms with Crippen LogP contribution in [0.3, 0.4) is 0 Å². The Hall–Kier alpha value is -3.57. The van der Waals surface area contributed by atoms with Crippen LogP contribution < -0.4 is 27.2 Å². The van der Waals surface area contributed by atoms with Crippen molar-refractivity contribution in [1.29, 1.82) is 0 Å². The third-order valence-corrected chi connectivity index (χ3v) is 12.9. The number of aromatic amines is 2. The Kier molecular flexibility index (Phi) is 9.96. The molecule has 2 bridgehead atoms. The number of nitrogens with two attached hydrogens (primary N) is 2. The number of hydroxylamine groups is 2. The number of fused-ring (bicyclic) bond motifs is 4. The number of aliphatic hydroxyl groups is 3. The maximum absolute atomic E-state index is 12.9. The summed E-state index contributed by atoms with van der Waals surface area (Å²) in [4.78, 5) is 77.4. The molecule has 11 atom stereocenters. The molecule has 29 nitrogen and oxygen atoms in total. The standard InChI is InChI=1S/C23H32N11O18P3/c1-31-7-34(16-10(31)18(39)30-22(25)28-16)20-13-14(37)23(49-20,4-32(2)50-13)5-47-54(42,43)52-55(44,45)51-53(40,41)46-3-8-11(35)12(36)19(48-8)33-6-26-9-15(33)27-21(24)29-17(9)38/h6-8,11-14,19-20,35-37H,3-5H2,1-2H3,(H8-,24,25,27,28,29,30,38,39,40,41,42,43,44,45)/p+1/t8-,11?,12+,13?,14-,19-,20-,23-/m1/s1. The number of rotatable bonds is 12. The number of aromatic nitrogens is 8. The fourth-order valence-electron chi connectivity index (χ4n) is 6.44. The number of anilines is 2.